The molecule has 0 bridgehead atoms. The van der Waals surface area contributed by atoms with Crippen molar-refractivity contribution >= 4 is 11.9 Å². The van der Waals surface area contributed by atoms with Crippen LogP contribution in [0.1, 0.15) is 36.2 Å². The maximum Gasteiger partial charge on any atom is 0.272 e. The number of ether oxygens (including phenoxy) is 1. The van der Waals surface area contributed by atoms with Crippen LogP contribution in [0.5, 0.6) is 5.88 Å². The molecule has 1 atom stereocenters. The molecule has 7 heteroatoms. The molecule has 142 valence electrons. The predicted molar refractivity (Wildman–Crippen MR) is 102 cm³/mol. The molecule has 2 aliphatic heterocycles. The Balaban J connectivity index is 1.50. The predicted octanol–water partition coefficient (Wildman–Crippen LogP) is 2.40. The number of pyridine rings is 1. The summed E-state index contributed by atoms with van der Waals surface area (Å²) in [6.45, 7) is 3.40. The number of likely N-dealkylation sites (tertiary alicyclic amines) is 1. The average molecular weight is 367 g/mol. The zero-order valence-corrected chi connectivity index (χ0v) is 15.7. The number of amides is 1. The van der Waals surface area contributed by atoms with Gasteiger partial charge in [-0.15, -0.1) is 0 Å². The number of hydrogen-bond donors (Lipinski definition) is 0. The molecule has 4 heterocycles. The fraction of sp³-hybridized carbons (Fsp3) is 0.500. The van der Waals surface area contributed by atoms with Gasteiger partial charge in [0.2, 0.25) is 11.8 Å². The third-order valence-corrected chi connectivity index (χ3v) is 5.60. The van der Waals surface area contributed by atoms with Crippen LogP contribution in [0.15, 0.2) is 36.7 Å². The molecule has 2 fully saturated rings. The molecule has 0 N–H and O–H groups in total. The van der Waals surface area contributed by atoms with Gasteiger partial charge >= 0.3 is 0 Å². The number of piperidine rings is 2. The molecule has 7 nitrogen and oxygen atoms in total. The Morgan fingerprint density at radius 1 is 1.07 bits per heavy atom. The summed E-state index contributed by atoms with van der Waals surface area (Å²) in [6.07, 6.45) is 7.94. The number of anilines is 1. The van der Waals surface area contributed by atoms with Crippen molar-refractivity contribution in [1.29, 1.82) is 0 Å². The summed E-state index contributed by atoms with van der Waals surface area (Å²) in [5, 5.41) is 0. The lowest BCUT2D eigenvalue weighted by Gasteiger charge is -2.48. The van der Waals surface area contributed by atoms with E-state index in [1.165, 1.54) is 0 Å². The minimum Gasteiger partial charge on any atom is -0.481 e. The highest BCUT2D eigenvalue weighted by Crippen LogP contribution is 2.39. The van der Waals surface area contributed by atoms with Crippen LogP contribution < -0.4 is 9.64 Å². The number of hydrogen-bond acceptors (Lipinski definition) is 6. The second-order valence-corrected chi connectivity index (χ2v) is 7.47. The smallest absolute Gasteiger partial charge is 0.272 e. The molecule has 0 aliphatic carbocycles. The Morgan fingerprint density at radius 3 is 2.63 bits per heavy atom. The topological polar surface area (TPSA) is 71.5 Å². The summed E-state index contributed by atoms with van der Waals surface area (Å²) in [6, 6.07) is 7.17. The molecule has 0 aromatic carbocycles. The third-order valence-electron chi connectivity index (χ3n) is 5.60. The lowest BCUT2D eigenvalue weighted by atomic mass is 9.73. The second kappa shape index (κ2) is 7.50. The van der Waals surface area contributed by atoms with Crippen molar-refractivity contribution in [2.24, 2.45) is 5.41 Å². The normalized spacial score (nSPS) is 22.7. The molecule has 2 aromatic heterocycles. The van der Waals surface area contributed by atoms with Gasteiger partial charge in [0, 0.05) is 50.1 Å². The first-order chi connectivity index (χ1) is 13.2. The highest BCUT2D eigenvalue weighted by atomic mass is 16.5. The molecule has 0 saturated carbocycles. The number of carbonyl (C=O) groups excluding carboxylic acids is 1. The van der Waals surface area contributed by atoms with Crippen molar-refractivity contribution in [2.75, 3.05) is 38.2 Å². The van der Waals surface area contributed by atoms with Crippen LogP contribution in [0.4, 0.5) is 5.95 Å². The molecule has 0 radical (unpaired) electrons. The first kappa shape index (κ1) is 17.7. The lowest BCUT2D eigenvalue weighted by molar-refractivity contribution is 0.0459. The quantitative estimate of drug-likeness (QED) is 0.830. The van der Waals surface area contributed by atoms with Gasteiger partial charge in [0.1, 0.15) is 5.69 Å². The molecule has 1 unspecified atom stereocenters. The van der Waals surface area contributed by atoms with Crippen molar-refractivity contribution in [1.82, 2.24) is 19.9 Å². The summed E-state index contributed by atoms with van der Waals surface area (Å²) in [5.74, 6) is 1.24. The minimum atomic E-state index is -0.0129. The monoisotopic (exact) mass is 367 g/mol. The molecule has 2 aromatic rings. The summed E-state index contributed by atoms with van der Waals surface area (Å²) in [7, 11) is 1.56. The maximum absolute atomic E-state index is 13.0. The van der Waals surface area contributed by atoms with Gasteiger partial charge in [-0.3, -0.25) is 4.79 Å². The van der Waals surface area contributed by atoms with E-state index in [2.05, 4.69) is 19.9 Å². The van der Waals surface area contributed by atoms with Crippen LogP contribution in [-0.4, -0.2) is 59.0 Å². The number of nitrogens with zero attached hydrogens (tertiary/aromatic N) is 5. The molecule has 2 saturated heterocycles. The Kier molecular flexibility index (Phi) is 4.92. The van der Waals surface area contributed by atoms with E-state index in [-0.39, 0.29) is 11.3 Å². The molecular weight excluding hydrogens is 342 g/mol. The fourth-order valence-corrected chi connectivity index (χ4v) is 4.36. The standard InChI is InChI=1S/C20H25N5O2/c1-27-17-7-2-6-16(23-17)18(26)24-12-3-8-20(14-24)9-4-13-25(15-20)19-21-10-5-11-22-19/h2,5-7,10-11H,3-4,8-9,12-15H2,1H3. The van der Waals surface area contributed by atoms with Crippen molar-refractivity contribution < 1.29 is 9.53 Å². The summed E-state index contributed by atoms with van der Waals surface area (Å²) >= 11 is 0. The first-order valence-corrected chi connectivity index (χ1v) is 9.51. The minimum absolute atomic E-state index is 0.0129. The van der Waals surface area contributed by atoms with Gasteiger partial charge < -0.3 is 14.5 Å². The van der Waals surface area contributed by atoms with Crippen LogP contribution in [0.3, 0.4) is 0 Å². The van der Waals surface area contributed by atoms with E-state index in [9.17, 15) is 4.79 Å². The Labute approximate surface area is 159 Å². The van der Waals surface area contributed by atoms with E-state index in [0.717, 1.165) is 57.8 Å². The molecule has 27 heavy (non-hydrogen) atoms. The van der Waals surface area contributed by atoms with Crippen molar-refractivity contribution in [3.8, 4) is 5.88 Å². The summed E-state index contributed by atoms with van der Waals surface area (Å²) < 4.78 is 5.16. The second-order valence-electron chi connectivity index (χ2n) is 7.47. The van der Waals surface area contributed by atoms with E-state index < -0.39 is 0 Å². The van der Waals surface area contributed by atoms with E-state index >= 15 is 0 Å². The van der Waals surface area contributed by atoms with Crippen LogP contribution in [0.25, 0.3) is 0 Å². The van der Waals surface area contributed by atoms with Gasteiger partial charge in [-0.1, -0.05) is 6.07 Å². The zero-order chi connectivity index (χ0) is 18.7. The molecular formula is C20H25N5O2. The van der Waals surface area contributed by atoms with E-state index in [1.807, 2.05) is 17.0 Å². The van der Waals surface area contributed by atoms with Gasteiger partial charge in [-0.05, 0) is 37.8 Å². The van der Waals surface area contributed by atoms with E-state index in [0.29, 0.717) is 11.6 Å². The number of aromatic nitrogens is 3. The van der Waals surface area contributed by atoms with Crippen LogP contribution in [-0.2, 0) is 0 Å². The van der Waals surface area contributed by atoms with Crippen molar-refractivity contribution in [2.45, 2.75) is 25.7 Å². The Hall–Kier alpha value is -2.70. The van der Waals surface area contributed by atoms with Gasteiger partial charge in [0.25, 0.3) is 5.91 Å². The van der Waals surface area contributed by atoms with Crippen molar-refractivity contribution in [3.63, 3.8) is 0 Å². The third kappa shape index (κ3) is 3.72. The summed E-state index contributed by atoms with van der Waals surface area (Å²) in [5.41, 5.74) is 0.551. The number of methoxy groups -OCH3 is 1. The van der Waals surface area contributed by atoms with Crippen LogP contribution >= 0.6 is 0 Å². The number of rotatable bonds is 3. The fourth-order valence-electron chi connectivity index (χ4n) is 4.36. The highest BCUT2D eigenvalue weighted by Gasteiger charge is 2.41. The maximum atomic E-state index is 13.0. The average Bonchev–Trinajstić information content (AvgIpc) is 2.74. The molecule has 4 rings (SSSR count). The van der Waals surface area contributed by atoms with Crippen LogP contribution in [0.2, 0.25) is 0 Å². The number of carbonyl (C=O) groups is 1. The highest BCUT2D eigenvalue weighted by molar-refractivity contribution is 5.92. The largest absolute Gasteiger partial charge is 0.481 e. The van der Waals surface area contributed by atoms with Crippen molar-refractivity contribution in [3.05, 3.63) is 42.4 Å². The van der Waals surface area contributed by atoms with Gasteiger partial charge in [0.15, 0.2) is 0 Å². The van der Waals surface area contributed by atoms with E-state index in [1.54, 1.807) is 31.6 Å². The first-order valence-electron chi connectivity index (χ1n) is 9.51. The van der Waals surface area contributed by atoms with Gasteiger partial charge in [0.05, 0.1) is 7.11 Å². The zero-order valence-electron chi connectivity index (χ0n) is 15.7. The van der Waals surface area contributed by atoms with Gasteiger partial charge in [-0.2, -0.15) is 0 Å². The summed E-state index contributed by atoms with van der Waals surface area (Å²) in [4.78, 5) is 30.4. The molecule has 1 amide bonds. The SMILES string of the molecule is COc1cccc(C(=O)N2CCCC3(CCCN(c4ncccn4)C3)C2)n1. The Morgan fingerprint density at radius 2 is 1.85 bits per heavy atom. The molecule has 1 spiro atoms. The lowest BCUT2D eigenvalue weighted by Crippen LogP contribution is -2.54. The van der Waals surface area contributed by atoms with E-state index in [4.69, 9.17) is 4.74 Å². The van der Waals surface area contributed by atoms with Gasteiger partial charge in [-0.25, -0.2) is 15.0 Å². The van der Waals surface area contributed by atoms with Crippen LogP contribution in [0, 0.1) is 5.41 Å². The Bertz CT molecular complexity index is 796. The molecule has 2 aliphatic rings.